The minimum absolute atomic E-state index is 0.0821. The molecule has 2 rings (SSSR count). The van der Waals surface area contributed by atoms with Crippen LogP contribution in [0, 0.1) is 13.8 Å². The van der Waals surface area contributed by atoms with Gasteiger partial charge in [-0.05, 0) is 80.5 Å². The van der Waals surface area contributed by atoms with Gasteiger partial charge in [-0.1, -0.05) is 6.07 Å². The zero-order valence-corrected chi connectivity index (χ0v) is 15.4. The van der Waals surface area contributed by atoms with Crippen molar-refractivity contribution in [3.63, 3.8) is 0 Å². The van der Waals surface area contributed by atoms with Crippen LogP contribution in [0.1, 0.15) is 18.1 Å². The third-order valence-corrected chi connectivity index (χ3v) is 3.92. The second kappa shape index (κ2) is 8.55. The van der Waals surface area contributed by atoms with Crippen LogP contribution in [0.5, 0.6) is 11.5 Å². The molecule has 0 bridgehead atoms. The van der Waals surface area contributed by atoms with Crippen molar-refractivity contribution in [1.82, 2.24) is 5.32 Å². The van der Waals surface area contributed by atoms with Crippen LogP contribution >= 0.6 is 12.2 Å². The van der Waals surface area contributed by atoms with Crippen molar-refractivity contribution in [2.75, 3.05) is 19.0 Å². The van der Waals surface area contributed by atoms with Gasteiger partial charge in [-0.3, -0.25) is 0 Å². The van der Waals surface area contributed by atoms with Gasteiger partial charge in [-0.2, -0.15) is 0 Å². The molecule has 0 saturated carbocycles. The monoisotopic (exact) mass is 344 g/mol. The van der Waals surface area contributed by atoms with Crippen molar-refractivity contribution in [3.05, 3.63) is 53.6 Å². The summed E-state index contributed by atoms with van der Waals surface area (Å²) in [5.41, 5.74) is 3.48. The number of rotatable bonds is 6. The van der Waals surface area contributed by atoms with Crippen molar-refractivity contribution >= 4 is 23.0 Å². The first-order valence-corrected chi connectivity index (χ1v) is 8.30. The smallest absolute Gasteiger partial charge is 0.171 e. The minimum Gasteiger partial charge on any atom is -0.497 e. The van der Waals surface area contributed by atoms with Gasteiger partial charge in [0.2, 0.25) is 0 Å². The lowest BCUT2D eigenvalue weighted by Crippen LogP contribution is -2.39. The first kappa shape index (κ1) is 18.1. The SMILES string of the molecule is COc1ccc(OC[C@H](C)NC(=S)Nc2ccc(C)c(C)c2)cc1. The average Bonchev–Trinajstić information content (AvgIpc) is 2.56. The van der Waals surface area contributed by atoms with E-state index < -0.39 is 0 Å². The summed E-state index contributed by atoms with van der Waals surface area (Å²) >= 11 is 5.36. The van der Waals surface area contributed by atoms with E-state index in [9.17, 15) is 0 Å². The summed E-state index contributed by atoms with van der Waals surface area (Å²) in [7, 11) is 1.64. The molecule has 0 fully saturated rings. The van der Waals surface area contributed by atoms with Gasteiger partial charge in [0.1, 0.15) is 18.1 Å². The Balaban J connectivity index is 1.79. The number of methoxy groups -OCH3 is 1. The molecule has 0 aromatic heterocycles. The van der Waals surface area contributed by atoms with E-state index >= 15 is 0 Å². The second-order valence-corrected chi connectivity index (χ2v) is 6.19. The molecule has 0 heterocycles. The topological polar surface area (TPSA) is 42.5 Å². The largest absolute Gasteiger partial charge is 0.497 e. The highest BCUT2D eigenvalue weighted by Gasteiger charge is 2.06. The van der Waals surface area contributed by atoms with Crippen molar-refractivity contribution < 1.29 is 9.47 Å². The Hall–Kier alpha value is -2.27. The van der Waals surface area contributed by atoms with Crippen LogP contribution in [0.15, 0.2) is 42.5 Å². The molecule has 0 aliphatic carbocycles. The quantitative estimate of drug-likeness (QED) is 0.774. The van der Waals surface area contributed by atoms with Crippen LogP contribution in [0.25, 0.3) is 0 Å². The van der Waals surface area contributed by atoms with Crippen molar-refractivity contribution in [2.24, 2.45) is 0 Å². The highest BCUT2D eigenvalue weighted by molar-refractivity contribution is 7.80. The van der Waals surface area contributed by atoms with Crippen molar-refractivity contribution in [2.45, 2.75) is 26.8 Å². The molecule has 5 heteroatoms. The van der Waals surface area contributed by atoms with Crippen LogP contribution < -0.4 is 20.1 Å². The maximum absolute atomic E-state index is 5.75. The number of nitrogens with one attached hydrogen (secondary N) is 2. The number of hydrogen-bond acceptors (Lipinski definition) is 3. The molecule has 2 aromatic rings. The van der Waals surface area contributed by atoms with E-state index in [2.05, 4.69) is 36.6 Å². The van der Waals surface area contributed by atoms with Crippen molar-refractivity contribution in [1.29, 1.82) is 0 Å². The zero-order chi connectivity index (χ0) is 17.5. The van der Waals surface area contributed by atoms with Gasteiger partial charge in [-0.25, -0.2) is 0 Å². The summed E-state index contributed by atoms with van der Waals surface area (Å²) in [6.45, 7) is 6.72. The molecule has 0 unspecified atom stereocenters. The number of aryl methyl sites for hydroxylation is 2. The average molecular weight is 344 g/mol. The van der Waals surface area contributed by atoms with Gasteiger partial charge in [0, 0.05) is 5.69 Å². The Labute approximate surface area is 149 Å². The number of ether oxygens (including phenoxy) is 2. The molecular weight excluding hydrogens is 320 g/mol. The maximum atomic E-state index is 5.75. The number of thiocarbonyl (C=S) groups is 1. The van der Waals surface area contributed by atoms with Crippen LogP contribution in [0.3, 0.4) is 0 Å². The van der Waals surface area contributed by atoms with Gasteiger partial charge in [-0.15, -0.1) is 0 Å². The molecule has 0 radical (unpaired) electrons. The summed E-state index contributed by atoms with van der Waals surface area (Å²) in [4.78, 5) is 0. The fourth-order valence-electron chi connectivity index (χ4n) is 2.14. The molecule has 0 saturated heterocycles. The highest BCUT2D eigenvalue weighted by Crippen LogP contribution is 2.17. The molecule has 2 N–H and O–H groups in total. The van der Waals surface area contributed by atoms with E-state index in [1.54, 1.807) is 7.11 Å². The van der Waals surface area contributed by atoms with Gasteiger partial charge in [0.25, 0.3) is 0 Å². The molecule has 0 amide bonds. The molecule has 2 aromatic carbocycles. The van der Waals surface area contributed by atoms with Gasteiger partial charge >= 0.3 is 0 Å². The lowest BCUT2D eigenvalue weighted by molar-refractivity contribution is 0.286. The summed E-state index contributed by atoms with van der Waals surface area (Å²) in [6.07, 6.45) is 0. The Morgan fingerprint density at radius 2 is 1.71 bits per heavy atom. The van der Waals surface area contributed by atoms with E-state index in [1.165, 1.54) is 11.1 Å². The van der Waals surface area contributed by atoms with Crippen molar-refractivity contribution in [3.8, 4) is 11.5 Å². The summed E-state index contributed by atoms with van der Waals surface area (Å²) in [5.74, 6) is 1.62. The Kier molecular flexibility index (Phi) is 6.44. The van der Waals surface area contributed by atoms with Crippen LogP contribution in [0.2, 0.25) is 0 Å². The summed E-state index contributed by atoms with van der Waals surface area (Å²) in [5, 5.41) is 7.02. The van der Waals surface area contributed by atoms with E-state index in [0.29, 0.717) is 11.7 Å². The molecule has 4 nitrogen and oxygen atoms in total. The predicted molar refractivity (Wildman–Crippen MR) is 103 cm³/mol. The van der Waals surface area contributed by atoms with Gasteiger partial charge in [0.15, 0.2) is 5.11 Å². The van der Waals surface area contributed by atoms with E-state index in [-0.39, 0.29) is 6.04 Å². The maximum Gasteiger partial charge on any atom is 0.171 e. The summed E-state index contributed by atoms with van der Waals surface area (Å²) in [6, 6.07) is 13.8. The van der Waals surface area contributed by atoms with E-state index in [0.717, 1.165) is 17.2 Å². The normalized spacial score (nSPS) is 11.5. The standard InChI is InChI=1S/C19H24N2O2S/c1-13-5-6-16(11-14(13)2)21-19(24)20-15(3)12-23-18-9-7-17(22-4)8-10-18/h5-11,15H,12H2,1-4H3,(H2,20,21,24)/t15-/m0/s1. The lowest BCUT2D eigenvalue weighted by Gasteiger charge is -2.18. The predicted octanol–water partition coefficient (Wildman–Crippen LogP) is 4.07. The van der Waals surface area contributed by atoms with E-state index in [4.69, 9.17) is 21.7 Å². The van der Waals surface area contributed by atoms with E-state index in [1.807, 2.05) is 37.3 Å². The zero-order valence-electron chi connectivity index (χ0n) is 14.6. The fourth-order valence-corrected chi connectivity index (χ4v) is 2.46. The Morgan fingerprint density at radius 1 is 1.04 bits per heavy atom. The third-order valence-electron chi connectivity index (χ3n) is 3.70. The molecule has 0 aliphatic rings. The third kappa shape index (κ3) is 5.42. The molecule has 0 aliphatic heterocycles. The number of benzene rings is 2. The first-order valence-electron chi connectivity index (χ1n) is 7.89. The minimum atomic E-state index is 0.0821. The highest BCUT2D eigenvalue weighted by atomic mass is 32.1. The second-order valence-electron chi connectivity index (χ2n) is 5.79. The van der Waals surface area contributed by atoms with Crippen LogP contribution in [-0.4, -0.2) is 24.9 Å². The van der Waals surface area contributed by atoms with Gasteiger partial charge in [0.05, 0.1) is 13.2 Å². The Morgan fingerprint density at radius 3 is 2.33 bits per heavy atom. The Bertz CT molecular complexity index is 686. The first-order chi connectivity index (χ1) is 11.5. The molecule has 0 spiro atoms. The van der Waals surface area contributed by atoms with Crippen LogP contribution in [0.4, 0.5) is 5.69 Å². The fraction of sp³-hybridized carbons (Fsp3) is 0.316. The molecule has 128 valence electrons. The lowest BCUT2D eigenvalue weighted by atomic mass is 10.1. The van der Waals surface area contributed by atoms with Crippen LogP contribution in [-0.2, 0) is 0 Å². The summed E-state index contributed by atoms with van der Waals surface area (Å²) < 4.78 is 10.9. The molecule has 1 atom stereocenters. The molecular formula is C19H24N2O2S. The number of anilines is 1. The number of hydrogen-bond donors (Lipinski definition) is 2. The molecule has 24 heavy (non-hydrogen) atoms. The van der Waals surface area contributed by atoms with Gasteiger partial charge < -0.3 is 20.1 Å².